The number of likely N-dealkylation sites (tertiary alicyclic amines) is 1. The zero-order valence-corrected chi connectivity index (χ0v) is 13.3. The molecule has 0 saturated carbocycles. The smallest absolute Gasteiger partial charge is 0.00357 e. The van der Waals surface area contributed by atoms with Gasteiger partial charge in [0.25, 0.3) is 0 Å². The fourth-order valence-corrected chi connectivity index (χ4v) is 2.95. The SMILES string of the molecule is CNC(C)CCCCN1CCC(C(C)(C)C)CC1. The van der Waals surface area contributed by atoms with Crippen LogP contribution in [-0.2, 0) is 0 Å². The molecular formula is C16H34N2. The van der Waals surface area contributed by atoms with Crippen LogP contribution in [0.3, 0.4) is 0 Å². The number of unbranched alkanes of at least 4 members (excludes halogenated alkanes) is 1. The summed E-state index contributed by atoms with van der Waals surface area (Å²) in [5.74, 6) is 0.929. The van der Waals surface area contributed by atoms with Gasteiger partial charge in [-0.2, -0.15) is 0 Å². The Kier molecular flexibility index (Phi) is 6.65. The van der Waals surface area contributed by atoms with Crippen LogP contribution in [0.4, 0.5) is 0 Å². The topological polar surface area (TPSA) is 15.3 Å². The molecule has 1 aliphatic heterocycles. The summed E-state index contributed by atoms with van der Waals surface area (Å²) < 4.78 is 0. The molecule has 18 heavy (non-hydrogen) atoms. The Balaban J connectivity index is 2.09. The van der Waals surface area contributed by atoms with E-state index in [1.165, 1.54) is 51.7 Å². The molecule has 1 aliphatic rings. The zero-order valence-electron chi connectivity index (χ0n) is 13.3. The van der Waals surface area contributed by atoms with E-state index < -0.39 is 0 Å². The van der Waals surface area contributed by atoms with E-state index >= 15 is 0 Å². The first kappa shape index (κ1) is 16.0. The molecule has 0 radical (unpaired) electrons. The molecule has 108 valence electrons. The van der Waals surface area contributed by atoms with Gasteiger partial charge in [-0.3, -0.25) is 0 Å². The monoisotopic (exact) mass is 254 g/mol. The molecule has 0 aromatic carbocycles. The largest absolute Gasteiger partial charge is 0.317 e. The lowest BCUT2D eigenvalue weighted by Crippen LogP contribution is -2.38. The number of hydrogen-bond acceptors (Lipinski definition) is 2. The van der Waals surface area contributed by atoms with Gasteiger partial charge in [0, 0.05) is 6.04 Å². The molecule has 0 spiro atoms. The van der Waals surface area contributed by atoms with Gasteiger partial charge < -0.3 is 10.2 Å². The van der Waals surface area contributed by atoms with Crippen LogP contribution in [0.15, 0.2) is 0 Å². The van der Waals surface area contributed by atoms with Crippen molar-refractivity contribution in [3.8, 4) is 0 Å². The third kappa shape index (κ3) is 5.71. The quantitative estimate of drug-likeness (QED) is 0.730. The van der Waals surface area contributed by atoms with Gasteiger partial charge in [-0.05, 0) is 70.6 Å². The van der Waals surface area contributed by atoms with Gasteiger partial charge in [0.1, 0.15) is 0 Å². The highest BCUT2D eigenvalue weighted by Gasteiger charge is 2.28. The Morgan fingerprint density at radius 1 is 1.17 bits per heavy atom. The summed E-state index contributed by atoms with van der Waals surface area (Å²) in [6, 6.07) is 0.677. The standard InChI is InChI=1S/C16H34N2/c1-14(17-5)8-6-7-11-18-12-9-15(10-13-18)16(2,3)4/h14-15,17H,6-13H2,1-5H3. The van der Waals surface area contributed by atoms with Crippen LogP contribution in [0, 0.1) is 11.3 Å². The molecule has 0 amide bonds. The summed E-state index contributed by atoms with van der Waals surface area (Å²) in [5, 5.41) is 3.31. The van der Waals surface area contributed by atoms with Gasteiger partial charge in [0.15, 0.2) is 0 Å². The molecule has 1 heterocycles. The highest BCUT2D eigenvalue weighted by atomic mass is 15.1. The summed E-state index contributed by atoms with van der Waals surface area (Å²) in [6.07, 6.45) is 6.84. The summed E-state index contributed by atoms with van der Waals surface area (Å²) in [7, 11) is 2.06. The second-order valence-electron chi connectivity index (χ2n) is 7.17. The van der Waals surface area contributed by atoms with E-state index in [1.54, 1.807) is 0 Å². The van der Waals surface area contributed by atoms with Gasteiger partial charge in [-0.25, -0.2) is 0 Å². The summed E-state index contributed by atoms with van der Waals surface area (Å²) in [5.41, 5.74) is 0.508. The fraction of sp³-hybridized carbons (Fsp3) is 1.00. The third-order valence-corrected chi connectivity index (χ3v) is 4.67. The average molecular weight is 254 g/mol. The van der Waals surface area contributed by atoms with Crippen molar-refractivity contribution in [3.63, 3.8) is 0 Å². The maximum atomic E-state index is 3.31. The van der Waals surface area contributed by atoms with Crippen molar-refractivity contribution in [2.24, 2.45) is 11.3 Å². The second kappa shape index (κ2) is 7.49. The van der Waals surface area contributed by atoms with Gasteiger partial charge in [0.05, 0.1) is 0 Å². The molecule has 1 N–H and O–H groups in total. The normalized spacial score (nSPS) is 21.2. The highest BCUT2D eigenvalue weighted by Crippen LogP contribution is 2.34. The number of nitrogens with zero attached hydrogens (tertiary/aromatic N) is 1. The van der Waals surface area contributed by atoms with Gasteiger partial charge >= 0.3 is 0 Å². The van der Waals surface area contributed by atoms with Gasteiger partial charge in [0.2, 0.25) is 0 Å². The lowest BCUT2D eigenvalue weighted by molar-refractivity contribution is 0.111. The van der Waals surface area contributed by atoms with Crippen molar-refractivity contribution in [2.75, 3.05) is 26.7 Å². The maximum Gasteiger partial charge on any atom is 0.00357 e. The molecule has 1 rings (SSSR count). The fourth-order valence-electron chi connectivity index (χ4n) is 2.95. The van der Waals surface area contributed by atoms with Gasteiger partial charge in [-0.1, -0.05) is 27.2 Å². The summed E-state index contributed by atoms with van der Waals surface area (Å²) in [4.78, 5) is 2.67. The maximum absolute atomic E-state index is 3.31. The minimum Gasteiger partial charge on any atom is -0.317 e. The molecule has 2 nitrogen and oxygen atoms in total. The molecule has 0 aliphatic carbocycles. The number of hydrogen-bond donors (Lipinski definition) is 1. The van der Waals surface area contributed by atoms with E-state index in [2.05, 4.69) is 45.0 Å². The van der Waals surface area contributed by atoms with E-state index in [0.29, 0.717) is 11.5 Å². The third-order valence-electron chi connectivity index (χ3n) is 4.67. The number of nitrogens with one attached hydrogen (secondary N) is 1. The number of piperidine rings is 1. The lowest BCUT2D eigenvalue weighted by Gasteiger charge is -2.38. The van der Waals surface area contributed by atoms with Crippen LogP contribution >= 0.6 is 0 Å². The van der Waals surface area contributed by atoms with Crippen molar-refractivity contribution in [1.29, 1.82) is 0 Å². The van der Waals surface area contributed by atoms with Gasteiger partial charge in [-0.15, -0.1) is 0 Å². The Morgan fingerprint density at radius 3 is 2.28 bits per heavy atom. The predicted molar refractivity (Wildman–Crippen MR) is 81.0 cm³/mol. The molecule has 1 atom stereocenters. The molecule has 0 aromatic heterocycles. The van der Waals surface area contributed by atoms with Crippen LogP contribution < -0.4 is 5.32 Å². The van der Waals surface area contributed by atoms with E-state index in [1.807, 2.05) is 0 Å². The molecule has 1 unspecified atom stereocenters. The highest BCUT2D eigenvalue weighted by molar-refractivity contribution is 4.80. The zero-order chi connectivity index (χ0) is 13.6. The van der Waals surface area contributed by atoms with Crippen LogP contribution in [-0.4, -0.2) is 37.6 Å². The van der Waals surface area contributed by atoms with Crippen LogP contribution in [0.1, 0.15) is 59.8 Å². The number of rotatable bonds is 6. The van der Waals surface area contributed by atoms with E-state index in [-0.39, 0.29) is 0 Å². The van der Waals surface area contributed by atoms with Crippen LogP contribution in [0.25, 0.3) is 0 Å². The van der Waals surface area contributed by atoms with Crippen molar-refractivity contribution >= 4 is 0 Å². The second-order valence-corrected chi connectivity index (χ2v) is 7.17. The Bertz CT molecular complexity index is 212. The Morgan fingerprint density at radius 2 is 1.78 bits per heavy atom. The predicted octanol–water partition coefficient (Wildman–Crippen LogP) is 3.52. The Hall–Kier alpha value is -0.0800. The molecule has 0 aromatic rings. The minimum atomic E-state index is 0.508. The van der Waals surface area contributed by atoms with Crippen molar-refractivity contribution in [1.82, 2.24) is 10.2 Å². The average Bonchev–Trinajstić information content (AvgIpc) is 2.33. The van der Waals surface area contributed by atoms with Crippen molar-refractivity contribution in [3.05, 3.63) is 0 Å². The minimum absolute atomic E-state index is 0.508. The molecular weight excluding hydrogens is 220 g/mol. The van der Waals surface area contributed by atoms with Crippen molar-refractivity contribution < 1.29 is 0 Å². The first-order valence-corrected chi connectivity index (χ1v) is 7.83. The lowest BCUT2D eigenvalue weighted by atomic mass is 9.75. The summed E-state index contributed by atoms with van der Waals surface area (Å²) >= 11 is 0. The Labute approximate surface area is 115 Å². The molecule has 2 heteroatoms. The van der Waals surface area contributed by atoms with E-state index in [9.17, 15) is 0 Å². The molecule has 0 bridgehead atoms. The molecule has 1 saturated heterocycles. The van der Waals surface area contributed by atoms with E-state index in [0.717, 1.165) is 5.92 Å². The first-order chi connectivity index (χ1) is 8.43. The molecule has 1 fully saturated rings. The van der Waals surface area contributed by atoms with E-state index in [4.69, 9.17) is 0 Å². The van der Waals surface area contributed by atoms with Crippen LogP contribution in [0.2, 0.25) is 0 Å². The summed E-state index contributed by atoms with van der Waals surface area (Å²) in [6.45, 7) is 13.4. The first-order valence-electron chi connectivity index (χ1n) is 7.83. The van der Waals surface area contributed by atoms with Crippen LogP contribution in [0.5, 0.6) is 0 Å². The van der Waals surface area contributed by atoms with Crippen molar-refractivity contribution in [2.45, 2.75) is 65.8 Å².